The van der Waals surface area contributed by atoms with Gasteiger partial charge in [0.25, 0.3) is 0 Å². The molecule has 4 rings (SSSR count). The van der Waals surface area contributed by atoms with E-state index in [4.69, 9.17) is 4.74 Å². The first-order valence-electron chi connectivity index (χ1n) is 8.76. The smallest absolute Gasteiger partial charge is 0.381 e. The summed E-state index contributed by atoms with van der Waals surface area (Å²) < 4.78 is 46.7. The molecule has 0 unspecified atom stereocenters. The zero-order chi connectivity index (χ0) is 18.3. The van der Waals surface area contributed by atoms with Crippen molar-refractivity contribution in [1.29, 1.82) is 0 Å². The molecule has 140 valence electrons. The number of alkyl halides is 3. The summed E-state index contributed by atoms with van der Waals surface area (Å²) in [5, 5.41) is 7.55. The Morgan fingerprint density at radius 1 is 1.19 bits per heavy atom. The van der Waals surface area contributed by atoms with Crippen molar-refractivity contribution in [2.75, 3.05) is 18.5 Å². The van der Waals surface area contributed by atoms with Crippen molar-refractivity contribution in [2.45, 2.75) is 50.7 Å². The van der Waals surface area contributed by atoms with E-state index >= 15 is 0 Å². The van der Waals surface area contributed by atoms with Gasteiger partial charge < -0.3 is 10.1 Å². The van der Waals surface area contributed by atoms with Crippen molar-refractivity contribution in [2.24, 2.45) is 0 Å². The van der Waals surface area contributed by atoms with Crippen LogP contribution in [-0.4, -0.2) is 33.0 Å². The number of nitrogens with one attached hydrogen (secondary N) is 1. The van der Waals surface area contributed by atoms with E-state index in [1.165, 1.54) is 0 Å². The average molecular weight is 367 g/mol. The standard InChI is InChI=1S/C17H20F3N5O/c1-10-14(9-25(24-10)12-4-6-26-7-5-12)22-16-21-8-13(17(18,19)20)15(23-16)11-2-3-11/h8-9,11-12H,2-7H2,1H3,(H,21,22,23). The minimum absolute atomic E-state index is 0.0875. The predicted molar refractivity (Wildman–Crippen MR) is 88.3 cm³/mol. The average Bonchev–Trinajstić information content (AvgIpc) is 3.39. The number of hydrogen-bond donors (Lipinski definition) is 1. The molecule has 0 radical (unpaired) electrons. The molecule has 2 fully saturated rings. The van der Waals surface area contributed by atoms with Crippen molar-refractivity contribution >= 4 is 11.6 Å². The SMILES string of the molecule is Cc1nn(C2CCOCC2)cc1Nc1ncc(C(F)(F)F)c(C2CC2)n1. The zero-order valence-corrected chi connectivity index (χ0v) is 14.4. The summed E-state index contributed by atoms with van der Waals surface area (Å²) in [5.74, 6) is 0.0516. The number of ether oxygens (including phenoxy) is 1. The maximum Gasteiger partial charge on any atom is 0.419 e. The number of nitrogens with zero attached hydrogens (tertiary/aromatic N) is 4. The maximum atomic E-state index is 13.1. The van der Waals surface area contributed by atoms with Crippen LogP contribution in [0.1, 0.15) is 54.6 Å². The molecule has 0 amide bonds. The lowest BCUT2D eigenvalue weighted by Gasteiger charge is -2.22. The highest BCUT2D eigenvalue weighted by Gasteiger charge is 2.40. The van der Waals surface area contributed by atoms with Gasteiger partial charge in [0.2, 0.25) is 5.95 Å². The number of halogens is 3. The molecule has 2 aliphatic rings. The Kier molecular flexibility index (Phi) is 4.34. The monoisotopic (exact) mass is 367 g/mol. The van der Waals surface area contributed by atoms with Gasteiger partial charge in [0.1, 0.15) is 0 Å². The molecule has 1 saturated heterocycles. The lowest BCUT2D eigenvalue weighted by molar-refractivity contribution is -0.138. The van der Waals surface area contributed by atoms with Crippen LogP contribution in [0.4, 0.5) is 24.8 Å². The third-order valence-electron chi connectivity index (χ3n) is 4.82. The minimum Gasteiger partial charge on any atom is -0.381 e. The highest BCUT2D eigenvalue weighted by molar-refractivity contribution is 5.55. The van der Waals surface area contributed by atoms with Crippen LogP contribution in [-0.2, 0) is 10.9 Å². The van der Waals surface area contributed by atoms with Crippen molar-refractivity contribution in [3.05, 3.63) is 29.3 Å². The Morgan fingerprint density at radius 3 is 2.58 bits per heavy atom. The molecule has 1 saturated carbocycles. The molecule has 0 aromatic carbocycles. The predicted octanol–water partition coefficient (Wildman–Crippen LogP) is 3.97. The van der Waals surface area contributed by atoms with Gasteiger partial charge in [-0.3, -0.25) is 4.68 Å². The molecule has 0 atom stereocenters. The Balaban J connectivity index is 1.57. The Labute approximate surface area is 148 Å². The van der Waals surface area contributed by atoms with Crippen LogP contribution in [0.25, 0.3) is 0 Å². The van der Waals surface area contributed by atoms with Gasteiger partial charge in [0.15, 0.2) is 0 Å². The molecular formula is C17H20F3N5O. The summed E-state index contributed by atoms with van der Waals surface area (Å²) in [6, 6.07) is 0.272. The van der Waals surface area contributed by atoms with E-state index in [9.17, 15) is 13.2 Å². The van der Waals surface area contributed by atoms with Crippen LogP contribution >= 0.6 is 0 Å². The van der Waals surface area contributed by atoms with Gasteiger partial charge in [0.05, 0.1) is 28.7 Å². The van der Waals surface area contributed by atoms with Crippen molar-refractivity contribution in [3.8, 4) is 0 Å². The zero-order valence-electron chi connectivity index (χ0n) is 14.4. The molecule has 0 spiro atoms. The van der Waals surface area contributed by atoms with Crippen LogP contribution in [0.2, 0.25) is 0 Å². The van der Waals surface area contributed by atoms with Crippen LogP contribution in [0.5, 0.6) is 0 Å². The van der Waals surface area contributed by atoms with Crippen molar-refractivity contribution in [1.82, 2.24) is 19.7 Å². The van der Waals surface area contributed by atoms with E-state index in [1.54, 1.807) is 0 Å². The fourth-order valence-electron chi connectivity index (χ4n) is 3.20. The molecule has 2 aromatic heterocycles. The van der Waals surface area contributed by atoms with Gasteiger partial charge >= 0.3 is 6.18 Å². The number of aromatic nitrogens is 4. The first-order chi connectivity index (χ1) is 12.4. The summed E-state index contributed by atoms with van der Waals surface area (Å²) in [4.78, 5) is 8.03. The topological polar surface area (TPSA) is 64.9 Å². The second kappa shape index (κ2) is 6.53. The summed E-state index contributed by atoms with van der Waals surface area (Å²) in [5.41, 5.74) is 0.815. The van der Waals surface area contributed by atoms with Gasteiger partial charge in [-0.05, 0) is 32.6 Å². The van der Waals surface area contributed by atoms with E-state index in [1.807, 2.05) is 17.8 Å². The molecule has 2 aromatic rings. The first-order valence-corrected chi connectivity index (χ1v) is 8.76. The van der Waals surface area contributed by atoms with Gasteiger partial charge in [-0.25, -0.2) is 9.97 Å². The fraction of sp³-hybridized carbons (Fsp3) is 0.588. The normalized spacial score (nSPS) is 18.9. The largest absolute Gasteiger partial charge is 0.419 e. The highest BCUT2D eigenvalue weighted by atomic mass is 19.4. The van der Waals surface area contributed by atoms with Crippen molar-refractivity contribution in [3.63, 3.8) is 0 Å². The molecule has 1 aliphatic heterocycles. The molecule has 6 nitrogen and oxygen atoms in total. The third kappa shape index (κ3) is 3.53. The highest BCUT2D eigenvalue weighted by Crippen LogP contribution is 2.45. The Hall–Kier alpha value is -2.16. The first kappa shape index (κ1) is 17.3. The lowest BCUT2D eigenvalue weighted by Crippen LogP contribution is -2.19. The molecule has 3 heterocycles. The second-order valence-corrected chi connectivity index (χ2v) is 6.84. The van der Waals surface area contributed by atoms with E-state index in [0.717, 1.165) is 37.6 Å². The quantitative estimate of drug-likeness (QED) is 0.886. The van der Waals surface area contributed by atoms with Crippen LogP contribution in [0, 0.1) is 6.92 Å². The molecule has 0 bridgehead atoms. The van der Waals surface area contributed by atoms with E-state index in [0.29, 0.717) is 18.9 Å². The summed E-state index contributed by atoms with van der Waals surface area (Å²) in [6.07, 6.45) is 1.57. The molecule has 9 heteroatoms. The summed E-state index contributed by atoms with van der Waals surface area (Å²) in [7, 11) is 0. The van der Waals surface area contributed by atoms with Gasteiger partial charge in [-0.1, -0.05) is 0 Å². The molecule has 1 N–H and O–H groups in total. The number of hydrogen-bond acceptors (Lipinski definition) is 5. The Bertz CT molecular complexity index is 794. The Morgan fingerprint density at radius 2 is 1.92 bits per heavy atom. The number of aryl methyl sites for hydroxylation is 1. The second-order valence-electron chi connectivity index (χ2n) is 6.84. The van der Waals surface area contributed by atoms with Crippen LogP contribution in [0.15, 0.2) is 12.4 Å². The maximum absolute atomic E-state index is 13.1. The van der Waals surface area contributed by atoms with Gasteiger partial charge in [-0.2, -0.15) is 18.3 Å². The third-order valence-corrected chi connectivity index (χ3v) is 4.82. The van der Waals surface area contributed by atoms with E-state index in [2.05, 4.69) is 20.4 Å². The minimum atomic E-state index is -4.43. The van der Waals surface area contributed by atoms with Crippen molar-refractivity contribution < 1.29 is 17.9 Å². The number of rotatable bonds is 4. The van der Waals surface area contributed by atoms with Gasteiger partial charge in [-0.15, -0.1) is 0 Å². The lowest BCUT2D eigenvalue weighted by atomic mass is 10.1. The number of anilines is 2. The summed E-state index contributed by atoms with van der Waals surface area (Å²) >= 11 is 0. The van der Waals surface area contributed by atoms with Gasteiger partial charge in [0, 0.05) is 31.5 Å². The summed E-state index contributed by atoms with van der Waals surface area (Å²) in [6.45, 7) is 3.27. The molecular weight excluding hydrogens is 347 g/mol. The van der Waals surface area contributed by atoms with E-state index in [-0.39, 0.29) is 23.6 Å². The van der Waals surface area contributed by atoms with Crippen LogP contribution in [0.3, 0.4) is 0 Å². The molecule has 1 aliphatic carbocycles. The molecule has 26 heavy (non-hydrogen) atoms. The van der Waals surface area contributed by atoms with E-state index < -0.39 is 11.7 Å². The fourth-order valence-corrected chi connectivity index (χ4v) is 3.20. The van der Waals surface area contributed by atoms with Crippen LogP contribution < -0.4 is 5.32 Å².